The van der Waals surface area contributed by atoms with Gasteiger partial charge in [-0.05, 0) is 62.4 Å². The second-order valence-corrected chi connectivity index (χ2v) is 6.77. The third kappa shape index (κ3) is 5.87. The molecule has 1 aromatic carbocycles. The molecule has 1 N–H and O–H groups in total. The van der Waals surface area contributed by atoms with Gasteiger partial charge in [0.2, 0.25) is 5.91 Å². The number of benzene rings is 1. The molecule has 1 aromatic rings. The van der Waals surface area contributed by atoms with Gasteiger partial charge in [0.15, 0.2) is 0 Å². The molecular weight excluding hydrogens is 288 g/mol. The summed E-state index contributed by atoms with van der Waals surface area (Å²) in [5.41, 5.74) is 1.18. The number of hydrogen-bond donors (Lipinski definition) is 1. The Morgan fingerprint density at radius 3 is 3.00 bits per heavy atom. The van der Waals surface area contributed by atoms with Crippen molar-refractivity contribution in [2.75, 3.05) is 33.3 Å². The van der Waals surface area contributed by atoms with E-state index in [1.807, 2.05) is 38.2 Å². The first-order chi connectivity index (χ1) is 11.1. The van der Waals surface area contributed by atoms with Gasteiger partial charge in [-0.15, -0.1) is 0 Å². The summed E-state index contributed by atoms with van der Waals surface area (Å²) in [6, 6.07) is 8.00. The van der Waals surface area contributed by atoms with Crippen molar-refractivity contribution in [1.29, 1.82) is 0 Å². The molecular formula is C19H30N2O2. The summed E-state index contributed by atoms with van der Waals surface area (Å²) in [6.07, 6.45) is 3.10. The lowest BCUT2D eigenvalue weighted by Gasteiger charge is -2.29. The first-order valence-electron chi connectivity index (χ1n) is 8.70. The van der Waals surface area contributed by atoms with E-state index >= 15 is 0 Å². The summed E-state index contributed by atoms with van der Waals surface area (Å²) in [5.74, 6) is 2.16. The molecule has 4 nitrogen and oxygen atoms in total. The van der Waals surface area contributed by atoms with E-state index in [4.69, 9.17) is 4.74 Å². The van der Waals surface area contributed by atoms with E-state index in [1.54, 1.807) is 4.90 Å². The zero-order valence-corrected chi connectivity index (χ0v) is 14.7. The third-order valence-corrected chi connectivity index (χ3v) is 4.75. The van der Waals surface area contributed by atoms with E-state index in [9.17, 15) is 4.79 Å². The molecule has 23 heavy (non-hydrogen) atoms. The molecule has 0 bridgehead atoms. The monoisotopic (exact) mass is 318 g/mol. The standard InChI is InChI=1S/C19H30N2O2/c1-15-6-4-8-18(12-15)23-11-10-21(3)19(22)13-16(2)17-7-5-9-20-14-17/h4,6,8,12,16-17,20H,5,7,9-11,13-14H2,1-3H3. The van der Waals surface area contributed by atoms with Crippen LogP contribution in [0.4, 0.5) is 0 Å². The highest BCUT2D eigenvalue weighted by atomic mass is 16.5. The van der Waals surface area contributed by atoms with Crippen molar-refractivity contribution < 1.29 is 9.53 Å². The lowest BCUT2D eigenvalue weighted by molar-refractivity contribution is -0.131. The van der Waals surface area contributed by atoms with E-state index < -0.39 is 0 Å². The molecule has 1 aliphatic rings. The van der Waals surface area contributed by atoms with Crippen LogP contribution in [0.1, 0.15) is 31.7 Å². The van der Waals surface area contributed by atoms with E-state index in [-0.39, 0.29) is 5.91 Å². The Bertz CT molecular complexity index is 498. The molecule has 1 aliphatic heterocycles. The predicted octanol–water partition coefficient (Wildman–Crippen LogP) is 2.86. The predicted molar refractivity (Wildman–Crippen MR) is 93.7 cm³/mol. The minimum atomic E-state index is 0.218. The number of likely N-dealkylation sites (N-methyl/N-ethyl adjacent to an activating group) is 1. The summed E-state index contributed by atoms with van der Waals surface area (Å²) >= 11 is 0. The van der Waals surface area contributed by atoms with Crippen molar-refractivity contribution in [3.05, 3.63) is 29.8 Å². The fourth-order valence-corrected chi connectivity index (χ4v) is 3.09. The summed E-state index contributed by atoms with van der Waals surface area (Å²) in [5, 5.41) is 3.43. The Morgan fingerprint density at radius 1 is 1.48 bits per heavy atom. The molecule has 0 aromatic heterocycles. The van der Waals surface area contributed by atoms with Crippen LogP contribution in [-0.4, -0.2) is 44.1 Å². The Hall–Kier alpha value is -1.55. The van der Waals surface area contributed by atoms with Gasteiger partial charge in [-0.3, -0.25) is 4.79 Å². The molecule has 0 saturated carbocycles. The van der Waals surface area contributed by atoms with E-state index in [0.717, 1.165) is 18.8 Å². The molecule has 1 fully saturated rings. The second-order valence-electron chi connectivity index (χ2n) is 6.77. The van der Waals surface area contributed by atoms with Gasteiger partial charge in [-0.1, -0.05) is 19.1 Å². The van der Waals surface area contributed by atoms with Crippen LogP contribution in [0.15, 0.2) is 24.3 Å². The largest absolute Gasteiger partial charge is 0.492 e. The highest BCUT2D eigenvalue weighted by Gasteiger charge is 2.23. The molecule has 1 heterocycles. The lowest BCUT2D eigenvalue weighted by Crippen LogP contribution is -2.37. The Labute approximate surface area is 140 Å². The number of piperidine rings is 1. The van der Waals surface area contributed by atoms with Crippen LogP contribution in [0.25, 0.3) is 0 Å². The maximum atomic E-state index is 12.3. The van der Waals surface area contributed by atoms with Gasteiger partial charge in [0.05, 0.1) is 6.54 Å². The lowest BCUT2D eigenvalue weighted by atomic mass is 9.85. The summed E-state index contributed by atoms with van der Waals surface area (Å²) in [7, 11) is 1.87. The number of nitrogens with one attached hydrogen (secondary N) is 1. The van der Waals surface area contributed by atoms with Crippen LogP contribution in [0.3, 0.4) is 0 Å². The SMILES string of the molecule is Cc1cccc(OCCN(C)C(=O)CC(C)C2CCCNC2)c1. The van der Waals surface area contributed by atoms with E-state index in [0.29, 0.717) is 31.4 Å². The average molecular weight is 318 g/mol. The zero-order valence-electron chi connectivity index (χ0n) is 14.7. The highest BCUT2D eigenvalue weighted by Crippen LogP contribution is 2.23. The molecule has 2 unspecified atom stereocenters. The van der Waals surface area contributed by atoms with Gasteiger partial charge >= 0.3 is 0 Å². The zero-order chi connectivity index (χ0) is 16.7. The minimum Gasteiger partial charge on any atom is -0.492 e. The maximum absolute atomic E-state index is 12.3. The number of rotatable bonds is 7. The summed E-state index contributed by atoms with van der Waals surface area (Å²) in [6.45, 7) is 7.58. The van der Waals surface area contributed by atoms with Crippen molar-refractivity contribution in [2.24, 2.45) is 11.8 Å². The molecule has 2 atom stereocenters. The number of ether oxygens (including phenoxy) is 1. The Morgan fingerprint density at radius 2 is 2.30 bits per heavy atom. The van der Waals surface area contributed by atoms with Crippen LogP contribution in [0.5, 0.6) is 5.75 Å². The van der Waals surface area contributed by atoms with Crippen molar-refractivity contribution in [2.45, 2.75) is 33.1 Å². The third-order valence-electron chi connectivity index (χ3n) is 4.75. The van der Waals surface area contributed by atoms with E-state index in [2.05, 4.69) is 12.2 Å². The smallest absolute Gasteiger partial charge is 0.222 e. The number of amides is 1. The van der Waals surface area contributed by atoms with Crippen molar-refractivity contribution >= 4 is 5.91 Å². The molecule has 4 heteroatoms. The van der Waals surface area contributed by atoms with Gasteiger partial charge in [-0.25, -0.2) is 0 Å². The van der Waals surface area contributed by atoms with Gasteiger partial charge in [-0.2, -0.15) is 0 Å². The van der Waals surface area contributed by atoms with Crippen molar-refractivity contribution in [3.8, 4) is 5.75 Å². The first kappa shape index (κ1) is 17.8. The van der Waals surface area contributed by atoms with Gasteiger partial charge in [0.1, 0.15) is 12.4 Å². The highest BCUT2D eigenvalue weighted by molar-refractivity contribution is 5.76. The topological polar surface area (TPSA) is 41.6 Å². The average Bonchev–Trinajstić information content (AvgIpc) is 2.55. The fourth-order valence-electron chi connectivity index (χ4n) is 3.09. The van der Waals surface area contributed by atoms with Crippen molar-refractivity contribution in [1.82, 2.24) is 10.2 Å². The van der Waals surface area contributed by atoms with Crippen LogP contribution in [0, 0.1) is 18.8 Å². The van der Waals surface area contributed by atoms with Crippen molar-refractivity contribution in [3.63, 3.8) is 0 Å². The van der Waals surface area contributed by atoms with E-state index in [1.165, 1.54) is 18.4 Å². The molecule has 0 radical (unpaired) electrons. The van der Waals surface area contributed by atoms with Gasteiger partial charge in [0, 0.05) is 13.5 Å². The van der Waals surface area contributed by atoms with Crippen LogP contribution < -0.4 is 10.1 Å². The molecule has 1 amide bonds. The number of aryl methyl sites for hydroxylation is 1. The number of nitrogens with zero attached hydrogens (tertiary/aromatic N) is 1. The van der Waals surface area contributed by atoms with Crippen LogP contribution >= 0.6 is 0 Å². The molecule has 1 saturated heterocycles. The summed E-state index contributed by atoms with van der Waals surface area (Å²) in [4.78, 5) is 14.1. The molecule has 0 aliphatic carbocycles. The molecule has 128 valence electrons. The number of carbonyl (C=O) groups is 1. The first-order valence-corrected chi connectivity index (χ1v) is 8.70. The minimum absolute atomic E-state index is 0.218. The molecule has 2 rings (SSSR count). The maximum Gasteiger partial charge on any atom is 0.222 e. The van der Waals surface area contributed by atoms with Gasteiger partial charge in [0.25, 0.3) is 0 Å². The van der Waals surface area contributed by atoms with Gasteiger partial charge < -0.3 is 15.0 Å². The number of carbonyl (C=O) groups excluding carboxylic acids is 1. The number of hydrogen-bond acceptors (Lipinski definition) is 3. The normalized spacial score (nSPS) is 19.2. The van der Waals surface area contributed by atoms with Crippen LogP contribution in [-0.2, 0) is 4.79 Å². The second kappa shape index (κ2) is 8.92. The fraction of sp³-hybridized carbons (Fsp3) is 0.632. The molecule has 0 spiro atoms. The quantitative estimate of drug-likeness (QED) is 0.840. The summed E-state index contributed by atoms with van der Waals surface area (Å²) < 4.78 is 5.73. The Balaban J connectivity index is 1.69. The van der Waals surface area contributed by atoms with Crippen LogP contribution in [0.2, 0.25) is 0 Å². The Kier molecular flexibility index (Phi) is 6.90.